The van der Waals surface area contributed by atoms with Gasteiger partial charge in [-0.25, -0.2) is 14.6 Å². The zero-order chi connectivity index (χ0) is 27.6. The molecule has 1 spiro atoms. The molecular formula is C20H29F6N3O6S. The lowest BCUT2D eigenvalue weighted by Gasteiger charge is -2.43. The zero-order valence-corrected chi connectivity index (χ0v) is 20.3. The predicted octanol–water partition coefficient (Wildman–Crippen LogP) is 2.62. The number of hydrogen-bond acceptors (Lipinski definition) is 8. The number of aromatic nitrogens is 1. The molecule has 2 fully saturated rings. The lowest BCUT2D eigenvalue weighted by atomic mass is 9.80. The summed E-state index contributed by atoms with van der Waals surface area (Å²) in [6, 6.07) is 0. The minimum absolute atomic E-state index is 0.217. The van der Waals surface area contributed by atoms with Crippen LogP contribution in [0, 0.1) is 12.3 Å². The maximum absolute atomic E-state index is 10.6. The van der Waals surface area contributed by atoms with E-state index in [0.717, 1.165) is 57.5 Å². The molecule has 0 saturated carbocycles. The van der Waals surface area contributed by atoms with Gasteiger partial charge in [0.1, 0.15) is 0 Å². The van der Waals surface area contributed by atoms with Gasteiger partial charge < -0.3 is 25.0 Å². The van der Waals surface area contributed by atoms with Gasteiger partial charge in [0.2, 0.25) is 0 Å². The van der Waals surface area contributed by atoms with Crippen molar-refractivity contribution < 1.29 is 56.0 Å². The SMILES string of the molecule is Cc1nc(CN2CCOCC3(CCCN(CCO)C3)C2)cs1.O=C(O)C(F)(F)F.O=C(O)C(F)(F)F. The van der Waals surface area contributed by atoms with Gasteiger partial charge in [0.05, 0.1) is 30.5 Å². The Morgan fingerprint density at radius 2 is 1.64 bits per heavy atom. The second kappa shape index (κ2) is 14.1. The van der Waals surface area contributed by atoms with Crippen LogP contribution in [0.2, 0.25) is 0 Å². The van der Waals surface area contributed by atoms with Gasteiger partial charge in [-0.1, -0.05) is 0 Å². The monoisotopic (exact) mass is 553 g/mol. The number of rotatable bonds is 4. The van der Waals surface area contributed by atoms with E-state index >= 15 is 0 Å². The number of thiazole rings is 1. The van der Waals surface area contributed by atoms with Crippen LogP contribution in [0.15, 0.2) is 5.38 Å². The van der Waals surface area contributed by atoms with Crippen LogP contribution in [0.1, 0.15) is 23.5 Å². The van der Waals surface area contributed by atoms with Crippen LogP contribution in [0.5, 0.6) is 0 Å². The zero-order valence-electron chi connectivity index (χ0n) is 19.4. The number of carbonyl (C=O) groups is 2. The van der Waals surface area contributed by atoms with Gasteiger partial charge in [-0.2, -0.15) is 26.3 Å². The summed E-state index contributed by atoms with van der Waals surface area (Å²) >= 11 is 1.73. The second-order valence-electron chi connectivity index (χ2n) is 8.33. The fourth-order valence-electron chi connectivity index (χ4n) is 3.82. The van der Waals surface area contributed by atoms with Gasteiger partial charge in [-0.3, -0.25) is 4.90 Å². The number of aliphatic carboxylic acids is 2. The third kappa shape index (κ3) is 11.8. The van der Waals surface area contributed by atoms with Crippen molar-refractivity contribution in [2.75, 3.05) is 52.5 Å². The highest BCUT2D eigenvalue weighted by atomic mass is 32.1. The predicted molar refractivity (Wildman–Crippen MR) is 116 cm³/mol. The summed E-state index contributed by atoms with van der Waals surface area (Å²) in [5.41, 5.74) is 1.40. The van der Waals surface area contributed by atoms with Gasteiger partial charge in [0.25, 0.3) is 0 Å². The Hall–Kier alpha value is -2.01. The van der Waals surface area contributed by atoms with Crippen molar-refractivity contribution in [2.24, 2.45) is 5.41 Å². The number of piperidine rings is 1. The lowest BCUT2D eigenvalue weighted by Crippen LogP contribution is -2.50. The number of aryl methyl sites for hydroxylation is 1. The molecule has 208 valence electrons. The van der Waals surface area contributed by atoms with E-state index in [9.17, 15) is 31.4 Å². The van der Waals surface area contributed by atoms with Gasteiger partial charge in [-0.15, -0.1) is 11.3 Å². The van der Waals surface area contributed by atoms with E-state index in [1.165, 1.54) is 18.5 Å². The lowest BCUT2D eigenvalue weighted by molar-refractivity contribution is -0.193. The first-order chi connectivity index (χ1) is 16.6. The average Bonchev–Trinajstić information content (AvgIpc) is 3.05. The maximum atomic E-state index is 10.6. The molecule has 0 bridgehead atoms. The summed E-state index contributed by atoms with van der Waals surface area (Å²) in [5.74, 6) is -5.51. The van der Waals surface area contributed by atoms with E-state index < -0.39 is 24.3 Å². The Balaban J connectivity index is 0.000000383. The number of halogens is 6. The molecule has 1 atom stereocenters. The number of nitrogens with zero attached hydrogens (tertiary/aromatic N) is 3. The molecule has 2 aliphatic rings. The standard InChI is InChI=1S/C16H27N3O2S.2C2HF3O2/c1-14-17-15(10-22-14)9-19-6-8-21-13-16(12-19)3-2-4-18(11-16)5-7-20;2*3-2(4,5)1(6)7/h10,20H,2-9,11-13H2,1H3;2*(H,6,7). The normalized spacial score (nSPS) is 21.6. The molecule has 9 nitrogen and oxygen atoms in total. The van der Waals surface area contributed by atoms with Crippen molar-refractivity contribution in [3.63, 3.8) is 0 Å². The van der Waals surface area contributed by atoms with Crippen molar-refractivity contribution in [2.45, 2.75) is 38.7 Å². The van der Waals surface area contributed by atoms with Crippen molar-refractivity contribution in [3.8, 4) is 0 Å². The highest BCUT2D eigenvalue weighted by molar-refractivity contribution is 7.09. The molecule has 1 unspecified atom stereocenters. The van der Waals surface area contributed by atoms with Gasteiger partial charge in [-0.05, 0) is 26.3 Å². The summed E-state index contributed by atoms with van der Waals surface area (Å²) in [7, 11) is 0. The van der Waals surface area contributed by atoms with Gasteiger partial charge in [0.15, 0.2) is 0 Å². The highest BCUT2D eigenvalue weighted by Crippen LogP contribution is 2.33. The van der Waals surface area contributed by atoms with Crippen LogP contribution in [-0.2, 0) is 20.9 Å². The van der Waals surface area contributed by atoms with E-state index in [1.807, 2.05) is 0 Å². The molecule has 16 heteroatoms. The molecule has 2 saturated heterocycles. The van der Waals surface area contributed by atoms with Crippen molar-refractivity contribution in [3.05, 3.63) is 16.1 Å². The number of aliphatic hydroxyl groups excluding tert-OH is 1. The number of alkyl halides is 6. The number of carboxylic acids is 2. The van der Waals surface area contributed by atoms with Crippen LogP contribution in [-0.4, -0.2) is 107 Å². The first-order valence-corrected chi connectivity index (χ1v) is 11.6. The largest absolute Gasteiger partial charge is 0.490 e. The molecule has 0 aliphatic carbocycles. The fourth-order valence-corrected chi connectivity index (χ4v) is 4.42. The molecule has 36 heavy (non-hydrogen) atoms. The molecule has 3 rings (SSSR count). The van der Waals surface area contributed by atoms with Crippen LogP contribution in [0.3, 0.4) is 0 Å². The molecule has 0 radical (unpaired) electrons. The number of hydrogen-bond donors (Lipinski definition) is 3. The Kier molecular flexibility index (Phi) is 12.5. The quantitative estimate of drug-likeness (QED) is 0.483. The molecule has 2 aliphatic heterocycles. The Bertz CT molecular complexity index is 812. The summed E-state index contributed by atoms with van der Waals surface area (Å²) in [6.45, 7) is 9.89. The van der Waals surface area contributed by atoms with E-state index in [0.29, 0.717) is 0 Å². The summed E-state index contributed by atoms with van der Waals surface area (Å²) in [4.78, 5) is 27.3. The Morgan fingerprint density at radius 3 is 2.11 bits per heavy atom. The molecule has 0 aromatic carbocycles. The molecular weight excluding hydrogens is 524 g/mol. The topological polar surface area (TPSA) is 123 Å². The van der Waals surface area contributed by atoms with Crippen molar-refractivity contribution in [1.82, 2.24) is 14.8 Å². The number of β-amino-alcohol motifs (C(OH)–C–C–N with tert-alkyl or cyclic N) is 1. The molecule has 3 heterocycles. The highest BCUT2D eigenvalue weighted by Gasteiger charge is 2.40. The molecule has 0 amide bonds. The van der Waals surface area contributed by atoms with Crippen LogP contribution >= 0.6 is 11.3 Å². The number of ether oxygens (including phenoxy) is 1. The maximum Gasteiger partial charge on any atom is 0.490 e. The molecule has 3 N–H and O–H groups in total. The first-order valence-electron chi connectivity index (χ1n) is 10.7. The van der Waals surface area contributed by atoms with Crippen LogP contribution < -0.4 is 0 Å². The van der Waals surface area contributed by atoms with Crippen LogP contribution in [0.25, 0.3) is 0 Å². The van der Waals surface area contributed by atoms with E-state index in [-0.39, 0.29) is 12.0 Å². The van der Waals surface area contributed by atoms with E-state index in [1.54, 1.807) is 11.3 Å². The smallest absolute Gasteiger partial charge is 0.475 e. The van der Waals surface area contributed by atoms with Crippen LogP contribution in [0.4, 0.5) is 26.3 Å². The van der Waals surface area contributed by atoms with E-state index in [4.69, 9.17) is 24.5 Å². The summed E-state index contributed by atoms with van der Waals surface area (Å²) in [6.07, 6.45) is -7.74. The number of aliphatic hydroxyl groups is 1. The van der Waals surface area contributed by atoms with Gasteiger partial charge in [0, 0.05) is 43.5 Å². The molecule has 1 aromatic rings. The second-order valence-corrected chi connectivity index (χ2v) is 9.39. The Labute approximate surface area is 207 Å². The first kappa shape index (κ1) is 32.0. The average molecular weight is 554 g/mol. The fraction of sp³-hybridized carbons (Fsp3) is 0.750. The molecule has 1 aromatic heterocycles. The third-order valence-corrected chi connectivity index (χ3v) is 6.04. The summed E-state index contributed by atoms with van der Waals surface area (Å²) < 4.78 is 69.4. The third-order valence-electron chi connectivity index (χ3n) is 5.21. The van der Waals surface area contributed by atoms with E-state index in [2.05, 4.69) is 27.1 Å². The number of likely N-dealkylation sites (tertiary alicyclic amines) is 1. The minimum Gasteiger partial charge on any atom is -0.475 e. The van der Waals surface area contributed by atoms with Crippen molar-refractivity contribution in [1.29, 1.82) is 0 Å². The van der Waals surface area contributed by atoms with Crippen molar-refractivity contribution >= 4 is 23.3 Å². The minimum atomic E-state index is -5.08. The van der Waals surface area contributed by atoms with Gasteiger partial charge >= 0.3 is 24.3 Å². The Morgan fingerprint density at radius 1 is 1.08 bits per heavy atom. The summed E-state index contributed by atoms with van der Waals surface area (Å²) in [5, 5.41) is 26.8. The number of carboxylic acid groups (broad SMARTS) is 2.